The zero-order valence-electron chi connectivity index (χ0n) is 11.4. The van der Waals surface area contributed by atoms with Gasteiger partial charge < -0.3 is 5.32 Å². The van der Waals surface area contributed by atoms with E-state index in [4.69, 9.17) is 0 Å². The number of nitrogens with zero attached hydrogens (tertiary/aromatic N) is 1. The molecule has 20 heavy (non-hydrogen) atoms. The minimum Gasteiger partial charge on any atom is -0.322 e. The third kappa shape index (κ3) is 2.88. The predicted octanol–water partition coefficient (Wildman–Crippen LogP) is 1.68. The monoisotopic (exact) mass is 293 g/mol. The Labute approximate surface area is 117 Å². The second-order valence-electron chi connectivity index (χ2n) is 4.56. The molecule has 0 fully saturated rings. The third-order valence-corrected chi connectivity index (χ3v) is 3.99. The lowest BCUT2D eigenvalue weighted by Gasteiger charge is -2.07. The van der Waals surface area contributed by atoms with Crippen molar-refractivity contribution in [1.29, 1.82) is 0 Å². The van der Waals surface area contributed by atoms with Crippen LogP contribution in [0.2, 0.25) is 0 Å². The standard InChI is InChI=1S/C13H15N3O3S/c1-8-12(9(2)16-15-8)13(17)14-10-5-4-6-11(7-10)20(3,18)19/h4-7H,1-3H3,(H,14,17)(H,15,16). The molecule has 7 heteroatoms. The Morgan fingerprint density at radius 3 is 2.55 bits per heavy atom. The minimum atomic E-state index is -3.30. The normalized spacial score (nSPS) is 11.3. The average Bonchev–Trinajstić information content (AvgIpc) is 2.68. The lowest BCUT2D eigenvalue weighted by molar-refractivity contribution is 0.102. The maximum absolute atomic E-state index is 12.2. The van der Waals surface area contributed by atoms with Crippen molar-refractivity contribution in [3.05, 3.63) is 41.2 Å². The van der Waals surface area contributed by atoms with Crippen LogP contribution in [0.25, 0.3) is 0 Å². The van der Waals surface area contributed by atoms with Crippen LogP contribution in [0.15, 0.2) is 29.2 Å². The molecule has 0 bridgehead atoms. The summed E-state index contributed by atoms with van der Waals surface area (Å²) >= 11 is 0. The van der Waals surface area contributed by atoms with Crippen LogP contribution in [0.4, 0.5) is 5.69 Å². The Bertz CT molecular complexity index is 743. The first-order chi connectivity index (χ1) is 9.29. The van der Waals surface area contributed by atoms with Crippen LogP contribution in [0.1, 0.15) is 21.7 Å². The number of H-pyrrole nitrogens is 1. The van der Waals surface area contributed by atoms with E-state index in [9.17, 15) is 13.2 Å². The van der Waals surface area contributed by atoms with Crippen molar-refractivity contribution in [2.45, 2.75) is 18.7 Å². The van der Waals surface area contributed by atoms with Crippen molar-refractivity contribution in [2.75, 3.05) is 11.6 Å². The molecule has 106 valence electrons. The summed E-state index contributed by atoms with van der Waals surface area (Å²) in [7, 11) is -3.30. The average molecular weight is 293 g/mol. The number of carbonyl (C=O) groups is 1. The van der Waals surface area contributed by atoms with Crippen molar-refractivity contribution in [3.63, 3.8) is 0 Å². The summed E-state index contributed by atoms with van der Waals surface area (Å²) in [6.07, 6.45) is 1.12. The number of sulfone groups is 1. The van der Waals surface area contributed by atoms with Crippen LogP contribution >= 0.6 is 0 Å². The number of amides is 1. The quantitative estimate of drug-likeness (QED) is 0.900. The molecule has 2 rings (SSSR count). The van der Waals surface area contributed by atoms with E-state index in [2.05, 4.69) is 15.5 Å². The molecule has 1 heterocycles. The van der Waals surface area contributed by atoms with E-state index >= 15 is 0 Å². The molecule has 1 aromatic carbocycles. The number of carbonyl (C=O) groups excluding carboxylic acids is 1. The number of aromatic nitrogens is 2. The molecule has 0 spiro atoms. The number of benzene rings is 1. The highest BCUT2D eigenvalue weighted by Gasteiger charge is 2.16. The van der Waals surface area contributed by atoms with Gasteiger partial charge in [0.25, 0.3) is 5.91 Å². The highest BCUT2D eigenvalue weighted by molar-refractivity contribution is 7.90. The van der Waals surface area contributed by atoms with Crippen LogP contribution in [-0.2, 0) is 9.84 Å². The van der Waals surface area contributed by atoms with Gasteiger partial charge in [0.05, 0.1) is 16.2 Å². The molecule has 0 radical (unpaired) electrons. The number of rotatable bonds is 3. The Kier molecular flexibility index (Phi) is 3.63. The molecule has 1 amide bonds. The fourth-order valence-electron chi connectivity index (χ4n) is 1.88. The highest BCUT2D eigenvalue weighted by atomic mass is 32.2. The molecule has 0 atom stereocenters. The van der Waals surface area contributed by atoms with Crippen molar-refractivity contribution in [3.8, 4) is 0 Å². The van der Waals surface area contributed by atoms with E-state index < -0.39 is 9.84 Å². The number of nitrogens with one attached hydrogen (secondary N) is 2. The van der Waals surface area contributed by atoms with Gasteiger partial charge in [-0.15, -0.1) is 0 Å². The van der Waals surface area contributed by atoms with Gasteiger partial charge in [0, 0.05) is 17.6 Å². The van der Waals surface area contributed by atoms with E-state index in [0.29, 0.717) is 22.6 Å². The van der Waals surface area contributed by atoms with Gasteiger partial charge in [-0.05, 0) is 32.0 Å². The summed E-state index contributed by atoms with van der Waals surface area (Å²) in [5.41, 5.74) is 2.16. The zero-order valence-corrected chi connectivity index (χ0v) is 12.2. The Hall–Kier alpha value is -2.15. The molecule has 1 aromatic heterocycles. The van der Waals surface area contributed by atoms with E-state index in [1.54, 1.807) is 26.0 Å². The van der Waals surface area contributed by atoms with E-state index in [1.165, 1.54) is 12.1 Å². The summed E-state index contributed by atoms with van der Waals surface area (Å²) in [6, 6.07) is 6.13. The maximum Gasteiger partial charge on any atom is 0.259 e. The van der Waals surface area contributed by atoms with Crippen LogP contribution in [0.5, 0.6) is 0 Å². The first-order valence-electron chi connectivity index (χ1n) is 5.92. The van der Waals surface area contributed by atoms with Gasteiger partial charge in [0.15, 0.2) is 9.84 Å². The predicted molar refractivity (Wildman–Crippen MR) is 75.6 cm³/mol. The number of anilines is 1. The fraction of sp³-hybridized carbons (Fsp3) is 0.231. The Balaban J connectivity index is 2.29. The van der Waals surface area contributed by atoms with Crippen molar-refractivity contribution in [2.24, 2.45) is 0 Å². The second-order valence-corrected chi connectivity index (χ2v) is 6.58. The minimum absolute atomic E-state index is 0.163. The molecule has 2 N–H and O–H groups in total. The van der Waals surface area contributed by atoms with Gasteiger partial charge in [-0.1, -0.05) is 6.07 Å². The summed E-state index contributed by atoms with van der Waals surface area (Å²) in [5, 5.41) is 9.36. The van der Waals surface area contributed by atoms with Gasteiger partial charge in [0.2, 0.25) is 0 Å². The number of aromatic amines is 1. The van der Waals surface area contributed by atoms with Gasteiger partial charge >= 0.3 is 0 Å². The largest absolute Gasteiger partial charge is 0.322 e. The number of aryl methyl sites for hydroxylation is 2. The van der Waals surface area contributed by atoms with E-state index in [0.717, 1.165) is 6.26 Å². The van der Waals surface area contributed by atoms with Crippen molar-refractivity contribution >= 4 is 21.4 Å². The lowest BCUT2D eigenvalue weighted by Crippen LogP contribution is -2.14. The second kappa shape index (κ2) is 5.09. The fourth-order valence-corrected chi connectivity index (χ4v) is 2.55. The summed E-state index contributed by atoms with van der Waals surface area (Å²) in [5.74, 6) is -0.320. The van der Waals surface area contributed by atoms with E-state index in [-0.39, 0.29) is 10.8 Å². The van der Waals surface area contributed by atoms with Crippen molar-refractivity contribution in [1.82, 2.24) is 10.2 Å². The first kappa shape index (κ1) is 14.3. The molecular weight excluding hydrogens is 278 g/mol. The van der Waals surface area contributed by atoms with Gasteiger partial charge in [-0.3, -0.25) is 9.89 Å². The topological polar surface area (TPSA) is 91.9 Å². The molecule has 6 nitrogen and oxygen atoms in total. The maximum atomic E-state index is 12.2. The lowest BCUT2D eigenvalue weighted by atomic mass is 10.2. The van der Waals surface area contributed by atoms with Crippen LogP contribution in [0.3, 0.4) is 0 Å². The number of hydrogen-bond acceptors (Lipinski definition) is 4. The molecule has 0 aliphatic heterocycles. The molecule has 2 aromatic rings. The molecule has 0 aliphatic carbocycles. The van der Waals surface area contributed by atoms with Crippen LogP contribution in [0, 0.1) is 13.8 Å². The first-order valence-corrected chi connectivity index (χ1v) is 7.81. The molecule has 0 unspecified atom stereocenters. The Morgan fingerprint density at radius 2 is 2.00 bits per heavy atom. The highest BCUT2D eigenvalue weighted by Crippen LogP contribution is 2.17. The van der Waals surface area contributed by atoms with Gasteiger partial charge in [-0.2, -0.15) is 5.10 Å². The van der Waals surface area contributed by atoms with Crippen molar-refractivity contribution < 1.29 is 13.2 Å². The smallest absolute Gasteiger partial charge is 0.259 e. The summed E-state index contributed by atoms with van der Waals surface area (Å²) in [6.45, 7) is 3.48. The summed E-state index contributed by atoms with van der Waals surface area (Å²) in [4.78, 5) is 12.3. The third-order valence-electron chi connectivity index (χ3n) is 2.88. The van der Waals surface area contributed by atoms with Crippen LogP contribution < -0.4 is 5.32 Å². The van der Waals surface area contributed by atoms with Gasteiger partial charge in [-0.25, -0.2) is 8.42 Å². The SMILES string of the molecule is Cc1n[nH]c(C)c1C(=O)Nc1cccc(S(C)(=O)=O)c1. The zero-order chi connectivity index (χ0) is 14.9. The Morgan fingerprint density at radius 1 is 1.30 bits per heavy atom. The van der Waals surface area contributed by atoms with Gasteiger partial charge in [0.1, 0.15) is 0 Å². The molecule has 0 saturated carbocycles. The molecule has 0 aliphatic rings. The number of hydrogen-bond donors (Lipinski definition) is 2. The molecule has 0 saturated heterocycles. The molecular formula is C13H15N3O3S. The van der Waals surface area contributed by atoms with E-state index in [1.807, 2.05) is 0 Å². The van der Waals surface area contributed by atoms with Crippen LogP contribution in [-0.4, -0.2) is 30.8 Å². The summed E-state index contributed by atoms with van der Waals surface area (Å²) < 4.78 is 23.0.